The summed E-state index contributed by atoms with van der Waals surface area (Å²) in [5.74, 6) is 1.56. The van der Waals surface area contributed by atoms with Crippen LogP contribution < -0.4 is 10.1 Å². The molecule has 0 spiro atoms. The molecule has 1 aliphatic carbocycles. The van der Waals surface area contributed by atoms with Crippen LogP contribution in [0.3, 0.4) is 0 Å². The van der Waals surface area contributed by atoms with Crippen LogP contribution in [0.4, 0.5) is 0 Å². The molecule has 24 heavy (non-hydrogen) atoms. The van der Waals surface area contributed by atoms with E-state index in [-0.39, 0.29) is 5.91 Å². The van der Waals surface area contributed by atoms with Crippen molar-refractivity contribution in [1.82, 2.24) is 14.9 Å². The first-order valence-electron chi connectivity index (χ1n) is 8.39. The molecule has 5 heteroatoms. The molecule has 1 aromatic carbocycles. The van der Waals surface area contributed by atoms with E-state index in [0.717, 1.165) is 30.0 Å². The van der Waals surface area contributed by atoms with Gasteiger partial charge in [-0.15, -0.1) is 0 Å². The summed E-state index contributed by atoms with van der Waals surface area (Å²) >= 11 is 0. The van der Waals surface area contributed by atoms with E-state index in [9.17, 15) is 4.79 Å². The maximum atomic E-state index is 11.9. The van der Waals surface area contributed by atoms with Crippen molar-refractivity contribution in [2.75, 3.05) is 0 Å². The fraction of sp³-hybridized carbons (Fsp3) is 0.368. The van der Waals surface area contributed by atoms with Gasteiger partial charge in [0, 0.05) is 25.5 Å². The second kappa shape index (κ2) is 7.81. The van der Waals surface area contributed by atoms with Crippen LogP contribution in [0, 0.1) is 0 Å². The van der Waals surface area contributed by atoms with Crippen LogP contribution in [-0.2, 0) is 18.4 Å². The Kier molecular flexibility index (Phi) is 5.31. The molecule has 3 rings (SSSR count). The number of carbonyl (C=O) groups is 1. The van der Waals surface area contributed by atoms with Crippen LogP contribution in [0.25, 0.3) is 6.08 Å². The molecule has 1 fully saturated rings. The van der Waals surface area contributed by atoms with Gasteiger partial charge in [-0.2, -0.15) is 0 Å². The van der Waals surface area contributed by atoms with Crippen LogP contribution in [0.15, 0.2) is 42.7 Å². The summed E-state index contributed by atoms with van der Waals surface area (Å²) in [6.45, 7) is 0.414. The van der Waals surface area contributed by atoms with Gasteiger partial charge in [0.25, 0.3) is 0 Å². The summed E-state index contributed by atoms with van der Waals surface area (Å²) in [5, 5.41) is 2.83. The minimum absolute atomic E-state index is 0.139. The zero-order valence-electron chi connectivity index (χ0n) is 13.9. The van der Waals surface area contributed by atoms with Gasteiger partial charge in [0.15, 0.2) is 0 Å². The molecule has 1 amide bonds. The summed E-state index contributed by atoms with van der Waals surface area (Å²) in [4.78, 5) is 16.1. The highest BCUT2D eigenvalue weighted by Crippen LogP contribution is 2.24. The Morgan fingerprint density at radius 1 is 1.42 bits per heavy atom. The lowest BCUT2D eigenvalue weighted by Crippen LogP contribution is -2.22. The number of benzene rings is 1. The van der Waals surface area contributed by atoms with Gasteiger partial charge in [0.1, 0.15) is 11.6 Å². The summed E-state index contributed by atoms with van der Waals surface area (Å²) in [6.07, 6.45) is 12.0. The predicted octanol–water partition coefficient (Wildman–Crippen LogP) is 3.07. The molecule has 0 radical (unpaired) electrons. The molecule has 1 aromatic heterocycles. The van der Waals surface area contributed by atoms with Gasteiger partial charge < -0.3 is 14.6 Å². The van der Waals surface area contributed by atoms with Crippen molar-refractivity contribution in [3.8, 4) is 5.75 Å². The third-order valence-corrected chi connectivity index (χ3v) is 4.23. The number of nitrogens with zero attached hydrogens (tertiary/aromatic N) is 2. The number of nitrogens with one attached hydrogen (secondary N) is 1. The van der Waals surface area contributed by atoms with Crippen molar-refractivity contribution in [3.63, 3.8) is 0 Å². The number of hydrogen-bond donors (Lipinski definition) is 1. The smallest absolute Gasteiger partial charge is 0.244 e. The van der Waals surface area contributed by atoms with E-state index < -0.39 is 0 Å². The zero-order valence-corrected chi connectivity index (χ0v) is 13.9. The largest absolute Gasteiger partial charge is 0.490 e. The minimum Gasteiger partial charge on any atom is -0.490 e. The molecule has 126 valence electrons. The topological polar surface area (TPSA) is 56.2 Å². The van der Waals surface area contributed by atoms with Crippen molar-refractivity contribution in [2.24, 2.45) is 7.05 Å². The Bertz CT molecular complexity index is 715. The van der Waals surface area contributed by atoms with Crippen LogP contribution in [0.5, 0.6) is 5.75 Å². The number of ether oxygens (including phenoxy) is 1. The third-order valence-electron chi connectivity index (χ3n) is 4.23. The maximum Gasteiger partial charge on any atom is 0.244 e. The van der Waals surface area contributed by atoms with E-state index >= 15 is 0 Å². The monoisotopic (exact) mass is 325 g/mol. The number of aryl methyl sites for hydroxylation is 1. The highest BCUT2D eigenvalue weighted by atomic mass is 16.5. The number of amides is 1. The lowest BCUT2D eigenvalue weighted by molar-refractivity contribution is -0.116. The number of aromatic nitrogens is 2. The van der Waals surface area contributed by atoms with Crippen LogP contribution in [0.1, 0.15) is 37.1 Å². The molecular weight excluding hydrogens is 302 g/mol. The average Bonchev–Trinajstić information content (AvgIpc) is 3.23. The highest BCUT2D eigenvalue weighted by Gasteiger charge is 2.16. The van der Waals surface area contributed by atoms with Crippen molar-refractivity contribution in [1.29, 1.82) is 0 Å². The van der Waals surface area contributed by atoms with Gasteiger partial charge in [-0.05, 0) is 49.5 Å². The fourth-order valence-electron chi connectivity index (χ4n) is 2.85. The Hall–Kier alpha value is -2.56. The van der Waals surface area contributed by atoms with Crippen molar-refractivity contribution < 1.29 is 9.53 Å². The third kappa shape index (κ3) is 4.47. The van der Waals surface area contributed by atoms with Crippen LogP contribution in [0.2, 0.25) is 0 Å². The summed E-state index contributed by atoms with van der Waals surface area (Å²) in [7, 11) is 1.90. The molecule has 0 saturated heterocycles. The van der Waals surface area contributed by atoms with Gasteiger partial charge in [0.05, 0.1) is 12.6 Å². The highest BCUT2D eigenvalue weighted by molar-refractivity contribution is 5.91. The number of carbonyl (C=O) groups excluding carboxylic acids is 1. The van der Waals surface area contributed by atoms with E-state index in [1.54, 1.807) is 12.3 Å². The van der Waals surface area contributed by atoms with E-state index in [2.05, 4.69) is 10.3 Å². The van der Waals surface area contributed by atoms with Gasteiger partial charge in [-0.1, -0.05) is 12.1 Å². The summed E-state index contributed by atoms with van der Waals surface area (Å²) in [5.41, 5.74) is 0.956. The molecule has 5 nitrogen and oxygen atoms in total. The molecule has 1 N–H and O–H groups in total. The zero-order chi connectivity index (χ0) is 16.8. The van der Waals surface area contributed by atoms with Crippen LogP contribution in [-0.4, -0.2) is 21.6 Å². The Morgan fingerprint density at radius 3 is 3.00 bits per heavy atom. The number of imidazole rings is 1. The molecule has 1 heterocycles. The van der Waals surface area contributed by atoms with Crippen molar-refractivity contribution in [2.45, 2.75) is 38.3 Å². The van der Waals surface area contributed by atoms with Gasteiger partial charge in [-0.25, -0.2) is 4.98 Å². The molecule has 2 aromatic rings. The average molecular weight is 325 g/mol. The van der Waals surface area contributed by atoms with E-state index in [4.69, 9.17) is 4.74 Å². The van der Waals surface area contributed by atoms with Gasteiger partial charge >= 0.3 is 0 Å². The van der Waals surface area contributed by atoms with E-state index in [1.807, 2.05) is 42.1 Å². The molecule has 0 bridgehead atoms. The molecule has 1 saturated carbocycles. The predicted molar refractivity (Wildman–Crippen MR) is 93.4 cm³/mol. The summed E-state index contributed by atoms with van der Waals surface area (Å²) < 4.78 is 7.87. The lowest BCUT2D eigenvalue weighted by atomic mass is 10.2. The number of rotatable bonds is 6. The molecule has 0 unspecified atom stereocenters. The molecule has 1 aliphatic rings. The first-order chi connectivity index (χ1) is 11.7. The van der Waals surface area contributed by atoms with Gasteiger partial charge in [0.2, 0.25) is 5.91 Å². The standard InChI is InChI=1S/C19H23N3O2/c1-22-12-11-20-18(22)14-21-19(23)10-9-15-5-4-8-17(13-15)24-16-6-2-3-7-16/h4-5,8-13,16H,2-3,6-7,14H2,1H3,(H,21,23). The Labute approximate surface area is 142 Å². The molecule has 0 atom stereocenters. The Balaban J connectivity index is 1.53. The quantitative estimate of drug-likeness (QED) is 0.831. The van der Waals surface area contributed by atoms with Crippen molar-refractivity contribution >= 4 is 12.0 Å². The first kappa shape index (κ1) is 16.3. The summed E-state index contributed by atoms with van der Waals surface area (Å²) in [6, 6.07) is 7.86. The lowest BCUT2D eigenvalue weighted by Gasteiger charge is -2.13. The first-order valence-corrected chi connectivity index (χ1v) is 8.39. The van der Waals surface area contributed by atoms with Gasteiger partial charge in [-0.3, -0.25) is 4.79 Å². The maximum absolute atomic E-state index is 11.9. The second-order valence-electron chi connectivity index (χ2n) is 6.10. The van der Waals surface area contributed by atoms with E-state index in [1.165, 1.54) is 18.9 Å². The van der Waals surface area contributed by atoms with Crippen molar-refractivity contribution in [3.05, 3.63) is 54.1 Å². The van der Waals surface area contributed by atoms with E-state index in [0.29, 0.717) is 12.6 Å². The fourth-order valence-corrected chi connectivity index (χ4v) is 2.85. The minimum atomic E-state index is -0.139. The van der Waals surface area contributed by atoms with Crippen LogP contribution >= 0.6 is 0 Å². The normalized spacial score (nSPS) is 15.0. The molecular formula is C19H23N3O2. The molecule has 0 aliphatic heterocycles. The number of hydrogen-bond acceptors (Lipinski definition) is 3. The SMILES string of the molecule is Cn1ccnc1CNC(=O)C=Cc1cccc(OC2CCCC2)c1. The Morgan fingerprint density at radius 2 is 2.25 bits per heavy atom. The second-order valence-corrected chi connectivity index (χ2v) is 6.10.